The fourth-order valence-corrected chi connectivity index (χ4v) is 5.25. The smallest absolute Gasteiger partial charge is 0.410 e. The van der Waals surface area contributed by atoms with Crippen LogP contribution in [-0.2, 0) is 27.9 Å². The van der Waals surface area contributed by atoms with Crippen LogP contribution in [0, 0.1) is 0 Å². The van der Waals surface area contributed by atoms with Crippen LogP contribution in [0.5, 0.6) is 5.75 Å². The van der Waals surface area contributed by atoms with E-state index < -0.39 is 0 Å². The van der Waals surface area contributed by atoms with Gasteiger partial charge < -0.3 is 24.4 Å². The second kappa shape index (κ2) is 14.0. The predicted octanol–water partition coefficient (Wildman–Crippen LogP) is 4.44. The van der Waals surface area contributed by atoms with Crippen molar-refractivity contribution < 1.29 is 23.8 Å². The first-order valence-corrected chi connectivity index (χ1v) is 14.1. The van der Waals surface area contributed by atoms with Crippen molar-refractivity contribution in [2.24, 2.45) is 7.05 Å². The molecule has 1 aromatic heterocycles. The number of amides is 1. The minimum Gasteiger partial charge on any atom is -0.491 e. The van der Waals surface area contributed by atoms with Crippen LogP contribution in [0.25, 0.3) is 10.9 Å². The van der Waals surface area contributed by atoms with Crippen molar-refractivity contribution >= 4 is 28.8 Å². The lowest BCUT2D eigenvalue weighted by Crippen LogP contribution is -2.58. The van der Waals surface area contributed by atoms with Crippen LogP contribution in [-0.4, -0.2) is 83.1 Å². The molecule has 10 nitrogen and oxygen atoms in total. The topological polar surface area (TPSA) is 98.2 Å². The molecule has 4 rings (SSSR count). The van der Waals surface area contributed by atoms with Gasteiger partial charge in [0.2, 0.25) is 0 Å². The summed E-state index contributed by atoms with van der Waals surface area (Å²) in [6, 6.07) is 16.1. The second-order valence-electron chi connectivity index (χ2n) is 10.2. The predicted molar refractivity (Wildman–Crippen MR) is 154 cm³/mol. The van der Waals surface area contributed by atoms with Gasteiger partial charge in [-0.15, -0.1) is 0 Å². The quantitative estimate of drug-likeness (QED) is 0.261. The normalized spacial score (nSPS) is 17.6. The number of fused-ring (bicyclic) bond motifs is 1. The average molecular weight is 552 g/mol. The number of hydrogen-bond donors (Lipinski definition) is 1. The van der Waals surface area contributed by atoms with E-state index in [0.29, 0.717) is 32.8 Å². The lowest BCUT2D eigenvalue weighted by atomic mass is 10.1. The number of nitrogens with one attached hydrogen (secondary N) is 1. The van der Waals surface area contributed by atoms with Gasteiger partial charge in [0.05, 0.1) is 19.6 Å². The number of esters is 1. The molecule has 2 heterocycles. The van der Waals surface area contributed by atoms with Crippen molar-refractivity contribution in [3.05, 3.63) is 54.1 Å². The number of aromatic nitrogens is 2. The summed E-state index contributed by atoms with van der Waals surface area (Å²) < 4.78 is 18.6. The molecule has 2 aromatic carbocycles. The zero-order chi connectivity index (χ0) is 28.5. The first kappa shape index (κ1) is 29.2. The second-order valence-corrected chi connectivity index (χ2v) is 10.2. The number of aryl methyl sites for hydroxylation is 1. The summed E-state index contributed by atoms with van der Waals surface area (Å²) in [4.78, 5) is 28.6. The van der Waals surface area contributed by atoms with Crippen molar-refractivity contribution in [2.75, 3.05) is 44.7 Å². The summed E-state index contributed by atoms with van der Waals surface area (Å²) in [6.07, 6.45) is 0.873. The number of hydrogen-bond acceptors (Lipinski definition) is 8. The highest BCUT2D eigenvalue weighted by Crippen LogP contribution is 2.30. The standard InChI is InChI=1S/C30H41N5O5/c1-5-38-27(36)15-16-31-29-25-13-9-14-26(28(25)33(4)32-29)39-18-10-17-35-22(2)19-34(20-23(35)3)30(37)40-21-24-11-7-6-8-12-24/h6-9,11-14,22-23H,5,10,15-21H2,1-4H3,(H,31,32)/t22-,23+. The molecule has 0 radical (unpaired) electrons. The number of nitrogens with zero attached hydrogens (tertiary/aromatic N) is 4. The average Bonchev–Trinajstić information content (AvgIpc) is 3.27. The third-order valence-corrected chi connectivity index (χ3v) is 7.14. The fraction of sp³-hybridized carbons (Fsp3) is 0.500. The highest BCUT2D eigenvalue weighted by Gasteiger charge is 2.32. The highest BCUT2D eigenvalue weighted by molar-refractivity contribution is 5.94. The number of piperazine rings is 1. The number of ether oxygens (including phenoxy) is 3. The summed E-state index contributed by atoms with van der Waals surface area (Å²) >= 11 is 0. The third kappa shape index (κ3) is 7.44. The van der Waals surface area contributed by atoms with Crippen LogP contribution in [0.1, 0.15) is 39.2 Å². The summed E-state index contributed by atoms with van der Waals surface area (Å²) in [6.45, 7) is 9.93. The van der Waals surface area contributed by atoms with Gasteiger partial charge in [-0.1, -0.05) is 36.4 Å². The zero-order valence-corrected chi connectivity index (χ0v) is 24.0. The Kier molecular flexibility index (Phi) is 10.2. The van der Waals surface area contributed by atoms with Gasteiger partial charge in [0, 0.05) is 50.7 Å². The van der Waals surface area contributed by atoms with Gasteiger partial charge >= 0.3 is 12.1 Å². The Labute approximate surface area is 236 Å². The van der Waals surface area contributed by atoms with E-state index in [1.165, 1.54) is 0 Å². The number of rotatable bonds is 12. The van der Waals surface area contributed by atoms with E-state index in [4.69, 9.17) is 14.2 Å². The third-order valence-electron chi connectivity index (χ3n) is 7.14. The number of benzene rings is 2. The van der Waals surface area contributed by atoms with Gasteiger partial charge in [-0.25, -0.2) is 4.79 Å². The van der Waals surface area contributed by atoms with Gasteiger partial charge in [-0.05, 0) is 44.9 Å². The maximum Gasteiger partial charge on any atom is 0.410 e. The molecule has 1 aliphatic rings. The van der Waals surface area contributed by atoms with E-state index in [9.17, 15) is 9.59 Å². The molecule has 1 saturated heterocycles. The number of para-hydroxylation sites is 1. The van der Waals surface area contributed by atoms with Crippen molar-refractivity contribution in [1.29, 1.82) is 0 Å². The Morgan fingerprint density at radius 1 is 1.02 bits per heavy atom. The van der Waals surface area contributed by atoms with Crippen LogP contribution in [0.4, 0.5) is 10.6 Å². The van der Waals surface area contributed by atoms with Crippen LogP contribution in [0.3, 0.4) is 0 Å². The minimum atomic E-state index is -0.260. The van der Waals surface area contributed by atoms with Gasteiger partial charge in [-0.2, -0.15) is 5.10 Å². The van der Waals surface area contributed by atoms with Crippen LogP contribution in [0.2, 0.25) is 0 Å². The lowest BCUT2D eigenvalue weighted by Gasteiger charge is -2.44. The molecule has 40 heavy (non-hydrogen) atoms. The van der Waals surface area contributed by atoms with E-state index in [0.717, 1.165) is 41.0 Å². The molecule has 2 atom stereocenters. The largest absolute Gasteiger partial charge is 0.491 e. The zero-order valence-electron chi connectivity index (χ0n) is 24.0. The van der Waals surface area contributed by atoms with Crippen LogP contribution in [0.15, 0.2) is 48.5 Å². The molecule has 1 aliphatic heterocycles. The Morgan fingerprint density at radius 2 is 1.77 bits per heavy atom. The van der Waals surface area contributed by atoms with Gasteiger partial charge in [-0.3, -0.25) is 14.4 Å². The molecule has 1 amide bonds. The SMILES string of the molecule is CCOC(=O)CCNc1nn(C)c2c(OCCCN3[C@H](C)CN(C(=O)OCc4ccccc4)C[C@@H]3C)cccc12. The molecule has 1 N–H and O–H groups in total. The van der Waals surface area contributed by atoms with Crippen LogP contribution < -0.4 is 10.1 Å². The van der Waals surface area contributed by atoms with E-state index in [2.05, 4.69) is 29.2 Å². The molecule has 0 aliphatic carbocycles. The molecule has 0 bridgehead atoms. The molecular weight excluding hydrogens is 510 g/mol. The molecule has 0 spiro atoms. The van der Waals surface area contributed by atoms with Crippen molar-refractivity contribution in [3.8, 4) is 5.75 Å². The Morgan fingerprint density at radius 3 is 2.50 bits per heavy atom. The van der Waals surface area contributed by atoms with Crippen molar-refractivity contribution in [1.82, 2.24) is 19.6 Å². The van der Waals surface area contributed by atoms with E-state index in [1.54, 1.807) is 11.6 Å². The minimum absolute atomic E-state index is 0.219. The summed E-state index contributed by atoms with van der Waals surface area (Å²) in [5.74, 6) is 1.26. The monoisotopic (exact) mass is 551 g/mol. The van der Waals surface area contributed by atoms with Gasteiger partial charge in [0.15, 0.2) is 5.82 Å². The molecule has 10 heteroatoms. The maximum atomic E-state index is 12.7. The summed E-state index contributed by atoms with van der Waals surface area (Å²) in [5.41, 5.74) is 1.89. The first-order valence-electron chi connectivity index (χ1n) is 14.1. The summed E-state index contributed by atoms with van der Waals surface area (Å²) in [7, 11) is 1.89. The molecule has 0 unspecified atom stereocenters. The Bertz CT molecular complexity index is 1250. The van der Waals surface area contributed by atoms with Crippen LogP contribution >= 0.6 is 0 Å². The molecule has 1 fully saturated rings. The number of anilines is 1. The fourth-order valence-electron chi connectivity index (χ4n) is 5.25. The van der Waals surface area contributed by atoms with E-state index >= 15 is 0 Å². The molecule has 3 aromatic rings. The van der Waals surface area contributed by atoms with Crippen molar-refractivity contribution in [3.63, 3.8) is 0 Å². The maximum absolute atomic E-state index is 12.7. The lowest BCUT2D eigenvalue weighted by molar-refractivity contribution is -0.142. The summed E-state index contributed by atoms with van der Waals surface area (Å²) in [5, 5.41) is 8.78. The van der Waals surface area contributed by atoms with Crippen molar-refractivity contribution in [2.45, 2.75) is 52.3 Å². The highest BCUT2D eigenvalue weighted by atomic mass is 16.6. The molecule has 216 valence electrons. The van der Waals surface area contributed by atoms with E-state index in [1.807, 2.05) is 60.5 Å². The van der Waals surface area contributed by atoms with Gasteiger partial charge in [0.25, 0.3) is 0 Å². The Balaban J connectivity index is 1.25. The number of carbonyl (C=O) groups excluding carboxylic acids is 2. The van der Waals surface area contributed by atoms with Gasteiger partial charge in [0.1, 0.15) is 17.9 Å². The first-order chi connectivity index (χ1) is 19.4. The Hall–Kier alpha value is -3.79. The molecule has 0 saturated carbocycles. The number of carbonyl (C=O) groups is 2. The molecular formula is C30H41N5O5. The van der Waals surface area contributed by atoms with E-state index in [-0.39, 0.29) is 37.2 Å².